The first kappa shape index (κ1) is 24.9. The number of methoxy groups -OCH3 is 2. The molecule has 1 N–H and O–H groups in total. The average Bonchev–Trinajstić information content (AvgIpc) is 3.12. The van der Waals surface area contributed by atoms with Crippen molar-refractivity contribution in [1.29, 1.82) is 0 Å². The molecule has 1 fully saturated rings. The number of anilines is 2. The first-order valence-electron chi connectivity index (χ1n) is 11.5. The Morgan fingerprint density at radius 1 is 1.14 bits per heavy atom. The van der Waals surface area contributed by atoms with Crippen molar-refractivity contribution in [2.45, 2.75) is 52.3 Å². The number of rotatable bonds is 5. The Balaban J connectivity index is 1.84. The summed E-state index contributed by atoms with van der Waals surface area (Å²) in [4.78, 5) is 17.1. The Morgan fingerprint density at radius 2 is 1.83 bits per heavy atom. The van der Waals surface area contributed by atoms with Crippen LogP contribution in [0.1, 0.15) is 62.0 Å². The molecule has 0 amide bonds. The minimum Gasteiger partial charge on any atom is -0.496 e. The summed E-state index contributed by atoms with van der Waals surface area (Å²) in [7, 11) is 2.79. The van der Waals surface area contributed by atoms with Crippen LogP contribution < -0.4 is 10.1 Å². The zero-order chi connectivity index (χ0) is 25.5. The van der Waals surface area contributed by atoms with Crippen LogP contribution in [0.3, 0.4) is 0 Å². The van der Waals surface area contributed by atoms with Gasteiger partial charge in [-0.1, -0.05) is 20.8 Å². The van der Waals surface area contributed by atoms with Gasteiger partial charge in [0.2, 0.25) is 5.95 Å². The van der Waals surface area contributed by atoms with Crippen molar-refractivity contribution >= 4 is 28.6 Å². The maximum absolute atomic E-state index is 13.0. The number of imidazole rings is 1. The van der Waals surface area contributed by atoms with Crippen molar-refractivity contribution < 1.29 is 27.4 Å². The van der Waals surface area contributed by atoms with Gasteiger partial charge < -0.3 is 19.4 Å². The van der Waals surface area contributed by atoms with Gasteiger partial charge in [0.1, 0.15) is 11.3 Å². The largest absolute Gasteiger partial charge is 0.496 e. The van der Waals surface area contributed by atoms with Gasteiger partial charge in [-0.05, 0) is 60.9 Å². The van der Waals surface area contributed by atoms with E-state index >= 15 is 0 Å². The molecule has 35 heavy (non-hydrogen) atoms. The number of ether oxygens (including phenoxy) is 2. The molecule has 4 rings (SSSR count). The molecule has 2 aromatic carbocycles. The fraction of sp³-hybridized carbons (Fsp3) is 0.462. The number of nitrogens with zero attached hydrogens (tertiary/aromatic N) is 2. The lowest BCUT2D eigenvalue weighted by atomic mass is 9.70. The highest BCUT2D eigenvalue weighted by Gasteiger charge is 2.35. The quantitative estimate of drug-likeness (QED) is 0.392. The molecule has 0 spiro atoms. The van der Waals surface area contributed by atoms with Crippen molar-refractivity contribution in [3.8, 4) is 5.75 Å². The summed E-state index contributed by atoms with van der Waals surface area (Å²) in [5.41, 5.74) is 1.48. The summed E-state index contributed by atoms with van der Waals surface area (Å²) in [6, 6.07) is 8.37. The topological polar surface area (TPSA) is 65.4 Å². The summed E-state index contributed by atoms with van der Waals surface area (Å²) < 4.78 is 51.5. The lowest BCUT2D eigenvalue weighted by Crippen LogP contribution is -2.29. The molecule has 0 bridgehead atoms. The van der Waals surface area contributed by atoms with Gasteiger partial charge in [0.05, 0.1) is 30.8 Å². The number of esters is 1. The van der Waals surface area contributed by atoms with Crippen LogP contribution in [-0.4, -0.2) is 29.7 Å². The summed E-state index contributed by atoms with van der Waals surface area (Å²) in [5.74, 6) is 0.813. The Bertz CT molecular complexity index is 1230. The van der Waals surface area contributed by atoms with Crippen molar-refractivity contribution in [3.05, 3.63) is 47.5 Å². The van der Waals surface area contributed by atoms with E-state index in [2.05, 4.69) is 30.7 Å². The van der Waals surface area contributed by atoms with Crippen LogP contribution in [-0.2, 0) is 10.9 Å². The van der Waals surface area contributed by atoms with E-state index in [1.54, 1.807) is 12.1 Å². The van der Waals surface area contributed by atoms with E-state index in [4.69, 9.17) is 14.5 Å². The van der Waals surface area contributed by atoms with Crippen LogP contribution >= 0.6 is 0 Å². The van der Waals surface area contributed by atoms with Gasteiger partial charge in [-0.2, -0.15) is 13.2 Å². The Kier molecular flexibility index (Phi) is 6.46. The Hall–Kier alpha value is -3.23. The van der Waals surface area contributed by atoms with Crippen LogP contribution in [0, 0.1) is 11.3 Å². The molecule has 1 aliphatic carbocycles. The second kappa shape index (κ2) is 9.09. The maximum atomic E-state index is 13.0. The number of halogens is 3. The predicted molar refractivity (Wildman–Crippen MR) is 128 cm³/mol. The van der Waals surface area contributed by atoms with Crippen molar-refractivity contribution in [3.63, 3.8) is 0 Å². The lowest BCUT2D eigenvalue weighted by Gasteiger charge is -2.40. The lowest BCUT2D eigenvalue weighted by molar-refractivity contribution is -0.137. The molecular weight excluding hydrogens is 459 g/mol. The number of aromatic nitrogens is 2. The van der Waals surface area contributed by atoms with E-state index in [9.17, 15) is 18.0 Å². The molecule has 0 aliphatic heterocycles. The number of alkyl halides is 3. The molecule has 1 saturated carbocycles. The maximum Gasteiger partial charge on any atom is 0.416 e. The van der Waals surface area contributed by atoms with E-state index < -0.39 is 17.7 Å². The molecule has 1 aromatic heterocycles. The molecule has 0 saturated heterocycles. The highest BCUT2D eigenvalue weighted by molar-refractivity contribution is 5.97. The van der Waals surface area contributed by atoms with Gasteiger partial charge in [-0.15, -0.1) is 0 Å². The van der Waals surface area contributed by atoms with Crippen molar-refractivity contribution in [2.75, 3.05) is 19.5 Å². The normalized spacial score (nSPS) is 20.0. The van der Waals surface area contributed by atoms with Crippen molar-refractivity contribution in [2.24, 2.45) is 11.3 Å². The number of hydrogen-bond acceptors (Lipinski definition) is 5. The highest BCUT2D eigenvalue weighted by Crippen LogP contribution is 2.46. The third kappa shape index (κ3) is 5.09. The molecule has 6 nitrogen and oxygen atoms in total. The summed E-state index contributed by atoms with van der Waals surface area (Å²) in [6.45, 7) is 6.72. The third-order valence-electron chi connectivity index (χ3n) is 6.61. The first-order chi connectivity index (χ1) is 16.4. The molecule has 3 aromatic rings. The zero-order valence-corrected chi connectivity index (χ0v) is 20.5. The minimum absolute atomic E-state index is 0.101. The first-order valence-corrected chi connectivity index (χ1v) is 11.5. The molecule has 2 atom stereocenters. The highest BCUT2D eigenvalue weighted by atomic mass is 19.4. The zero-order valence-electron chi connectivity index (χ0n) is 20.5. The van der Waals surface area contributed by atoms with Crippen LogP contribution in [0.15, 0.2) is 36.4 Å². The number of fused-ring (bicyclic) bond motifs is 1. The van der Waals surface area contributed by atoms with Gasteiger partial charge in [-0.3, -0.25) is 0 Å². The van der Waals surface area contributed by atoms with E-state index in [1.807, 2.05) is 0 Å². The molecular formula is C26H30F3N3O3. The molecule has 9 heteroatoms. The second-order valence-electron chi connectivity index (χ2n) is 10.1. The minimum atomic E-state index is -4.41. The number of hydrogen-bond donors (Lipinski definition) is 1. The van der Waals surface area contributed by atoms with Crippen LogP contribution in [0.25, 0.3) is 11.0 Å². The Morgan fingerprint density at radius 3 is 2.40 bits per heavy atom. The molecule has 0 radical (unpaired) electrons. The van der Waals surface area contributed by atoms with Gasteiger partial charge in [0.15, 0.2) is 0 Å². The van der Waals surface area contributed by atoms with Crippen LogP contribution in [0.4, 0.5) is 24.8 Å². The number of carbonyl (C=O) groups excluding carboxylic acids is 1. The van der Waals surface area contributed by atoms with Gasteiger partial charge >= 0.3 is 12.1 Å². The summed E-state index contributed by atoms with van der Waals surface area (Å²) in [5, 5.41) is 3.21. The fourth-order valence-electron chi connectivity index (χ4n) is 5.38. The molecule has 1 heterocycles. The van der Waals surface area contributed by atoms with E-state index in [-0.39, 0.29) is 17.0 Å². The van der Waals surface area contributed by atoms with E-state index in [0.29, 0.717) is 28.8 Å². The number of nitrogens with one attached hydrogen (secondary N) is 1. The second-order valence-corrected chi connectivity index (χ2v) is 10.1. The Labute approximate surface area is 202 Å². The SMILES string of the molecule is COC(=O)c1cc2nc(Nc3ccc(C(F)(F)F)cc3)n([C@@H]3CC(C)CC(C)(C)C3)c2cc1OC. The molecule has 1 aliphatic rings. The van der Waals surface area contributed by atoms with Gasteiger partial charge in [0.25, 0.3) is 0 Å². The summed E-state index contributed by atoms with van der Waals surface area (Å²) >= 11 is 0. The van der Waals surface area contributed by atoms with Crippen LogP contribution in [0.5, 0.6) is 5.75 Å². The standard InChI is InChI=1S/C26H30F3N3O3/c1-15-10-18(14-25(2,3)13-15)32-21-12-22(34-4)19(23(33)35-5)11-20(21)31-24(32)30-17-8-6-16(7-9-17)26(27,28)29/h6-9,11-12,15,18H,10,13-14H2,1-5H3,(H,30,31)/t15?,18-/m1/s1. The van der Waals surface area contributed by atoms with E-state index in [1.165, 1.54) is 26.4 Å². The van der Waals surface area contributed by atoms with E-state index in [0.717, 1.165) is 36.9 Å². The monoisotopic (exact) mass is 489 g/mol. The van der Waals surface area contributed by atoms with Gasteiger partial charge in [0, 0.05) is 17.8 Å². The predicted octanol–water partition coefficient (Wildman–Crippen LogP) is 6.98. The van der Waals surface area contributed by atoms with Crippen LogP contribution in [0.2, 0.25) is 0 Å². The third-order valence-corrected chi connectivity index (χ3v) is 6.61. The molecule has 1 unspecified atom stereocenters. The molecule has 188 valence electrons. The fourth-order valence-corrected chi connectivity index (χ4v) is 5.38. The smallest absolute Gasteiger partial charge is 0.416 e. The van der Waals surface area contributed by atoms with Gasteiger partial charge in [-0.25, -0.2) is 9.78 Å². The number of benzene rings is 2. The average molecular weight is 490 g/mol. The summed E-state index contributed by atoms with van der Waals surface area (Å²) in [6.07, 6.45) is -1.47. The van der Waals surface area contributed by atoms with Crippen molar-refractivity contribution in [1.82, 2.24) is 9.55 Å². The number of carbonyl (C=O) groups is 1.